The van der Waals surface area contributed by atoms with E-state index in [0.717, 1.165) is 5.69 Å². The number of carboxylic acids is 1. The third kappa shape index (κ3) is 2.72. The lowest BCUT2D eigenvalue weighted by atomic mass is 9.99. The first-order valence-electron chi connectivity index (χ1n) is 6.18. The van der Waals surface area contributed by atoms with Gasteiger partial charge >= 0.3 is 12.1 Å². The molecule has 1 aromatic heterocycles. The topological polar surface area (TPSA) is 82.6 Å². The molecule has 2 N–H and O–H groups in total. The van der Waals surface area contributed by atoms with Crippen LogP contribution in [-0.4, -0.2) is 39.2 Å². The SMILES string of the molecule is CC(C)(C)OC(=O)N1CCc2[nH]ccc2C1C(=O)O. The van der Waals surface area contributed by atoms with E-state index in [1.54, 1.807) is 33.0 Å². The van der Waals surface area contributed by atoms with Crippen LogP contribution in [0.15, 0.2) is 12.3 Å². The number of H-pyrrole nitrogens is 1. The molecule has 1 atom stereocenters. The Balaban J connectivity index is 2.27. The van der Waals surface area contributed by atoms with Gasteiger partial charge in [-0.25, -0.2) is 9.59 Å². The van der Waals surface area contributed by atoms with E-state index < -0.39 is 23.7 Å². The highest BCUT2D eigenvalue weighted by Gasteiger charge is 2.38. The molecular formula is C13H18N2O4. The standard InChI is InChI=1S/C13H18N2O4/c1-13(2,3)19-12(18)15-7-5-9-8(4-6-14-9)10(15)11(16)17/h4,6,10,14H,5,7H2,1-3H3,(H,16,17). The Labute approximate surface area is 111 Å². The molecule has 0 fully saturated rings. The first kappa shape index (κ1) is 13.5. The van der Waals surface area contributed by atoms with Crippen molar-refractivity contribution in [2.75, 3.05) is 6.54 Å². The Morgan fingerprint density at radius 2 is 2.16 bits per heavy atom. The number of amides is 1. The molecule has 2 rings (SSSR count). The zero-order valence-corrected chi connectivity index (χ0v) is 11.3. The van der Waals surface area contributed by atoms with Crippen LogP contribution in [0.25, 0.3) is 0 Å². The maximum Gasteiger partial charge on any atom is 0.411 e. The predicted molar refractivity (Wildman–Crippen MR) is 67.8 cm³/mol. The average Bonchev–Trinajstić information content (AvgIpc) is 2.72. The number of nitrogens with one attached hydrogen (secondary N) is 1. The molecule has 104 valence electrons. The van der Waals surface area contributed by atoms with E-state index >= 15 is 0 Å². The summed E-state index contributed by atoms with van der Waals surface area (Å²) in [6.45, 7) is 5.60. The van der Waals surface area contributed by atoms with Crippen LogP contribution >= 0.6 is 0 Å². The fraction of sp³-hybridized carbons (Fsp3) is 0.538. The molecule has 1 aliphatic rings. The number of carboxylic acid groups (broad SMARTS) is 1. The molecule has 6 nitrogen and oxygen atoms in total. The monoisotopic (exact) mass is 266 g/mol. The van der Waals surface area contributed by atoms with Gasteiger partial charge < -0.3 is 14.8 Å². The molecule has 0 aromatic carbocycles. The minimum Gasteiger partial charge on any atom is -0.479 e. The van der Waals surface area contributed by atoms with Gasteiger partial charge in [0.25, 0.3) is 0 Å². The van der Waals surface area contributed by atoms with Crippen LogP contribution < -0.4 is 0 Å². The van der Waals surface area contributed by atoms with Crippen molar-refractivity contribution in [2.24, 2.45) is 0 Å². The molecule has 6 heteroatoms. The molecule has 1 aromatic rings. The van der Waals surface area contributed by atoms with Crippen molar-refractivity contribution >= 4 is 12.1 Å². The van der Waals surface area contributed by atoms with E-state index in [4.69, 9.17) is 4.74 Å². The van der Waals surface area contributed by atoms with Crippen molar-refractivity contribution in [3.8, 4) is 0 Å². The summed E-state index contributed by atoms with van der Waals surface area (Å²) in [5.74, 6) is -1.05. The summed E-state index contributed by atoms with van der Waals surface area (Å²) in [6, 6.07) is 0.717. The summed E-state index contributed by atoms with van der Waals surface area (Å²) >= 11 is 0. The Bertz CT molecular complexity index is 501. The highest BCUT2D eigenvalue weighted by Crippen LogP contribution is 2.30. The number of carbonyl (C=O) groups excluding carboxylic acids is 1. The van der Waals surface area contributed by atoms with Crippen LogP contribution in [-0.2, 0) is 16.0 Å². The second kappa shape index (κ2) is 4.60. The molecular weight excluding hydrogens is 248 g/mol. The number of carbonyl (C=O) groups is 2. The molecule has 0 spiro atoms. The van der Waals surface area contributed by atoms with Crippen molar-refractivity contribution in [3.63, 3.8) is 0 Å². The molecule has 1 aliphatic heterocycles. The van der Waals surface area contributed by atoms with Crippen molar-refractivity contribution < 1.29 is 19.4 Å². The van der Waals surface area contributed by atoms with E-state index in [0.29, 0.717) is 18.5 Å². The Hall–Kier alpha value is -1.98. The molecule has 0 saturated heterocycles. The van der Waals surface area contributed by atoms with Gasteiger partial charge in [-0.2, -0.15) is 0 Å². The molecule has 0 bridgehead atoms. The Morgan fingerprint density at radius 3 is 2.74 bits per heavy atom. The quantitative estimate of drug-likeness (QED) is 0.813. The van der Waals surface area contributed by atoms with Gasteiger partial charge in [-0.05, 0) is 26.8 Å². The van der Waals surface area contributed by atoms with E-state index in [9.17, 15) is 14.7 Å². The predicted octanol–water partition coefficient (Wildman–Crippen LogP) is 1.93. The minimum absolute atomic E-state index is 0.333. The van der Waals surface area contributed by atoms with Crippen molar-refractivity contribution in [2.45, 2.75) is 38.8 Å². The summed E-state index contributed by atoms with van der Waals surface area (Å²) in [5.41, 5.74) is 0.857. The maximum atomic E-state index is 12.1. The van der Waals surface area contributed by atoms with Crippen LogP contribution in [0.1, 0.15) is 38.1 Å². The summed E-state index contributed by atoms with van der Waals surface area (Å²) in [5, 5.41) is 9.36. The molecule has 1 unspecified atom stereocenters. The van der Waals surface area contributed by atoms with Crippen LogP contribution in [0.3, 0.4) is 0 Å². The number of aromatic amines is 1. The maximum absolute atomic E-state index is 12.1. The normalized spacial score (nSPS) is 18.9. The fourth-order valence-corrected chi connectivity index (χ4v) is 2.20. The average molecular weight is 266 g/mol. The Kier molecular flexibility index (Phi) is 3.26. The summed E-state index contributed by atoms with van der Waals surface area (Å²) in [4.78, 5) is 27.8. The molecule has 1 amide bonds. The van der Waals surface area contributed by atoms with Crippen LogP contribution in [0.2, 0.25) is 0 Å². The lowest BCUT2D eigenvalue weighted by molar-refractivity contribution is -0.143. The summed E-state index contributed by atoms with van der Waals surface area (Å²) < 4.78 is 5.26. The summed E-state index contributed by atoms with van der Waals surface area (Å²) in [7, 11) is 0. The van der Waals surface area contributed by atoms with Crippen LogP contribution in [0, 0.1) is 0 Å². The fourth-order valence-electron chi connectivity index (χ4n) is 2.20. The minimum atomic E-state index is -1.05. The molecule has 0 saturated carbocycles. The number of hydrogen-bond donors (Lipinski definition) is 2. The number of aromatic nitrogens is 1. The molecule has 0 aliphatic carbocycles. The number of rotatable bonds is 1. The largest absolute Gasteiger partial charge is 0.479 e. The van der Waals surface area contributed by atoms with E-state index in [1.165, 1.54) is 4.90 Å². The van der Waals surface area contributed by atoms with Gasteiger partial charge in [-0.3, -0.25) is 4.90 Å². The van der Waals surface area contributed by atoms with Crippen LogP contribution in [0.4, 0.5) is 4.79 Å². The van der Waals surface area contributed by atoms with Crippen LogP contribution in [0.5, 0.6) is 0 Å². The summed E-state index contributed by atoms with van der Waals surface area (Å²) in [6.07, 6.45) is 1.71. The third-order valence-corrected chi connectivity index (χ3v) is 2.94. The van der Waals surface area contributed by atoms with Crippen molar-refractivity contribution in [3.05, 3.63) is 23.5 Å². The van der Waals surface area contributed by atoms with Gasteiger partial charge in [-0.15, -0.1) is 0 Å². The number of hydrogen-bond acceptors (Lipinski definition) is 3. The van der Waals surface area contributed by atoms with Gasteiger partial charge in [0.1, 0.15) is 5.60 Å². The van der Waals surface area contributed by atoms with Gasteiger partial charge in [0.15, 0.2) is 6.04 Å². The molecule has 19 heavy (non-hydrogen) atoms. The Morgan fingerprint density at radius 1 is 1.47 bits per heavy atom. The third-order valence-electron chi connectivity index (χ3n) is 2.94. The highest BCUT2D eigenvalue weighted by atomic mass is 16.6. The van der Waals surface area contributed by atoms with E-state index in [2.05, 4.69) is 4.98 Å². The van der Waals surface area contributed by atoms with Gasteiger partial charge in [0.05, 0.1) is 0 Å². The second-order valence-electron chi connectivity index (χ2n) is 5.58. The zero-order chi connectivity index (χ0) is 14.2. The van der Waals surface area contributed by atoms with E-state index in [-0.39, 0.29) is 0 Å². The molecule has 0 radical (unpaired) electrons. The van der Waals surface area contributed by atoms with E-state index in [1.807, 2.05) is 0 Å². The first-order valence-corrected chi connectivity index (χ1v) is 6.18. The number of fused-ring (bicyclic) bond motifs is 1. The van der Waals surface area contributed by atoms with Gasteiger partial charge in [0.2, 0.25) is 0 Å². The lowest BCUT2D eigenvalue weighted by Gasteiger charge is -2.34. The van der Waals surface area contributed by atoms with Crippen molar-refractivity contribution in [1.82, 2.24) is 9.88 Å². The lowest BCUT2D eigenvalue weighted by Crippen LogP contribution is -2.45. The van der Waals surface area contributed by atoms with Crippen molar-refractivity contribution in [1.29, 1.82) is 0 Å². The first-order chi connectivity index (χ1) is 8.79. The number of aliphatic carboxylic acids is 1. The zero-order valence-electron chi connectivity index (χ0n) is 11.3. The number of nitrogens with zero attached hydrogens (tertiary/aromatic N) is 1. The smallest absolute Gasteiger partial charge is 0.411 e. The molecule has 2 heterocycles. The van der Waals surface area contributed by atoms with Gasteiger partial charge in [0, 0.05) is 30.4 Å². The second-order valence-corrected chi connectivity index (χ2v) is 5.58. The number of ether oxygens (including phenoxy) is 1. The highest BCUT2D eigenvalue weighted by molar-refractivity contribution is 5.82. The van der Waals surface area contributed by atoms with Gasteiger partial charge in [-0.1, -0.05) is 0 Å².